The molecule has 0 aliphatic rings. The Morgan fingerprint density at radius 3 is 2.48 bits per heavy atom. The van der Waals surface area contributed by atoms with Gasteiger partial charge in [-0.15, -0.1) is 10.2 Å². The van der Waals surface area contributed by atoms with Crippen LogP contribution in [-0.4, -0.2) is 33.0 Å². The fraction of sp³-hybridized carbons (Fsp3) is 0.263. The largest absolute Gasteiger partial charge is 0.417 e. The van der Waals surface area contributed by atoms with Gasteiger partial charge in [-0.05, 0) is 49.2 Å². The number of amides is 2. The first kappa shape index (κ1) is 20.3. The quantitative estimate of drug-likeness (QED) is 0.682. The van der Waals surface area contributed by atoms with Gasteiger partial charge in [-0.25, -0.2) is 0 Å². The minimum absolute atomic E-state index is 0.138. The van der Waals surface area contributed by atoms with E-state index < -0.39 is 23.6 Å². The SMILES string of the molecule is Cc1ccc(C(=O)NCC(=O)NCc2nnc3ccc(C(F)(F)F)cn23)cc1C. The van der Waals surface area contributed by atoms with Crippen molar-refractivity contribution in [3.05, 3.63) is 64.6 Å². The van der Waals surface area contributed by atoms with Crippen LogP contribution in [0.2, 0.25) is 0 Å². The normalized spacial score (nSPS) is 11.5. The van der Waals surface area contributed by atoms with E-state index in [0.29, 0.717) is 5.56 Å². The molecule has 0 bridgehead atoms. The van der Waals surface area contributed by atoms with E-state index in [9.17, 15) is 22.8 Å². The van der Waals surface area contributed by atoms with Crippen LogP contribution < -0.4 is 10.6 Å². The lowest BCUT2D eigenvalue weighted by atomic mass is 10.1. The number of carbonyl (C=O) groups excluding carboxylic acids is 2. The van der Waals surface area contributed by atoms with Crippen molar-refractivity contribution < 1.29 is 22.8 Å². The van der Waals surface area contributed by atoms with Gasteiger partial charge in [0.05, 0.1) is 18.7 Å². The third-order valence-corrected chi connectivity index (χ3v) is 4.42. The average Bonchev–Trinajstić information content (AvgIpc) is 3.08. The molecule has 0 saturated carbocycles. The minimum atomic E-state index is -4.50. The third-order valence-electron chi connectivity index (χ3n) is 4.42. The van der Waals surface area contributed by atoms with Gasteiger partial charge in [-0.2, -0.15) is 13.2 Å². The van der Waals surface area contributed by atoms with E-state index in [4.69, 9.17) is 0 Å². The Morgan fingerprint density at radius 2 is 1.79 bits per heavy atom. The molecule has 0 atom stereocenters. The van der Waals surface area contributed by atoms with Crippen LogP contribution in [0.15, 0.2) is 36.5 Å². The minimum Gasteiger partial charge on any atom is -0.347 e. The first-order valence-corrected chi connectivity index (χ1v) is 8.68. The molecule has 10 heteroatoms. The zero-order valence-electron chi connectivity index (χ0n) is 15.7. The summed E-state index contributed by atoms with van der Waals surface area (Å²) in [6, 6.07) is 7.31. The molecule has 2 heterocycles. The smallest absolute Gasteiger partial charge is 0.347 e. The molecule has 2 amide bonds. The molecule has 2 N–H and O–H groups in total. The summed E-state index contributed by atoms with van der Waals surface area (Å²) in [4.78, 5) is 24.1. The molecule has 0 unspecified atom stereocenters. The van der Waals surface area contributed by atoms with Gasteiger partial charge in [0.1, 0.15) is 0 Å². The summed E-state index contributed by atoms with van der Waals surface area (Å²) in [5.74, 6) is -0.767. The fourth-order valence-electron chi connectivity index (χ4n) is 2.61. The van der Waals surface area contributed by atoms with E-state index in [1.54, 1.807) is 12.1 Å². The summed E-state index contributed by atoms with van der Waals surface area (Å²) in [5, 5.41) is 12.6. The maximum absolute atomic E-state index is 12.9. The van der Waals surface area contributed by atoms with Crippen molar-refractivity contribution in [1.82, 2.24) is 25.2 Å². The Bertz CT molecular complexity index is 1080. The molecule has 3 aromatic rings. The number of aryl methyl sites for hydroxylation is 2. The van der Waals surface area contributed by atoms with Crippen LogP contribution in [0.4, 0.5) is 13.2 Å². The zero-order chi connectivity index (χ0) is 21.2. The zero-order valence-corrected chi connectivity index (χ0v) is 15.7. The van der Waals surface area contributed by atoms with Gasteiger partial charge in [-0.3, -0.25) is 14.0 Å². The van der Waals surface area contributed by atoms with E-state index in [0.717, 1.165) is 27.8 Å². The number of nitrogens with zero attached hydrogens (tertiary/aromatic N) is 3. The topological polar surface area (TPSA) is 88.4 Å². The van der Waals surface area contributed by atoms with Gasteiger partial charge in [0.2, 0.25) is 5.91 Å². The van der Waals surface area contributed by atoms with E-state index in [1.165, 1.54) is 6.07 Å². The molecule has 1 aromatic carbocycles. The Labute approximate surface area is 163 Å². The maximum atomic E-state index is 12.9. The van der Waals surface area contributed by atoms with Gasteiger partial charge in [0, 0.05) is 11.8 Å². The van der Waals surface area contributed by atoms with Crippen LogP contribution in [0.25, 0.3) is 5.65 Å². The molecule has 0 fully saturated rings. The van der Waals surface area contributed by atoms with Crippen LogP contribution in [0, 0.1) is 13.8 Å². The van der Waals surface area contributed by atoms with Crippen LogP contribution in [0.1, 0.15) is 32.9 Å². The predicted octanol–water partition coefficient (Wildman–Crippen LogP) is 2.41. The molecule has 0 aliphatic heterocycles. The van der Waals surface area contributed by atoms with E-state index >= 15 is 0 Å². The number of fused-ring (bicyclic) bond motifs is 1. The fourth-order valence-corrected chi connectivity index (χ4v) is 2.61. The van der Waals surface area contributed by atoms with Crippen molar-refractivity contribution >= 4 is 17.5 Å². The van der Waals surface area contributed by atoms with Crippen molar-refractivity contribution in [3.8, 4) is 0 Å². The highest BCUT2D eigenvalue weighted by atomic mass is 19.4. The number of nitrogens with one attached hydrogen (secondary N) is 2. The Hall–Kier alpha value is -3.43. The van der Waals surface area contributed by atoms with E-state index in [1.807, 2.05) is 19.9 Å². The number of hydrogen-bond acceptors (Lipinski definition) is 4. The molecule has 2 aromatic heterocycles. The first-order valence-electron chi connectivity index (χ1n) is 8.68. The number of hydrogen-bond donors (Lipinski definition) is 2. The Kier molecular flexibility index (Phi) is 5.53. The highest BCUT2D eigenvalue weighted by Gasteiger charge is 2.31. The van der Waals surface area contributed by atoms with Crippen LogP contribution >= 0.6 is 0 Å². The summed E-state index contributed by atoms with van der Waals surface area (Å²) in [6.07, 6.45) is -3.63. The van der Waals surface area contributed by atoms with Gasteiger partial charge in [-0.1, -0.05) is 6.07 Å². The highest BCUT2D eigenvalue weighted by Crippen LogP contribution is 2.29. The lowest BCUT2D eigenvalue weighted by Crippen LogP contribution is -2.37. The molecule has 0 spiro atoms. The van der Waals surface area contributed by atoms with Crippen molar-refractivity contribution in [1.29, 1.82) is 0 Å². The summed E-state index contributed by atoms with van der Waals surface area (Å²) in [5.41, 5.74) is 1.82. The van der Waals surface area contributed by atoms with Gasteiger partial charge < -0.3 is 10.6 Å². The highest BCUT2D eigenvalue weighted by molar-refractivity contribution is 5.96. The molecule has 29 heavy (non-hydrogen) atoms. The summed E-state index contributed by atoms with van der Waals surface area (Å²) >= 11 is 0. The maximum Gasteiger partial charge on any atom is 0.417 e. The van der Waals surface area contributed by atoms with Gasteiger partial charge in [0.15, 0.2) is 11.5 Å². The Morgan fingerprint density at radius 1 is 1.03 bits per heavy atom. The predicted molar refractivity (Wildman–Crippen MR) is 98.1 cm³/mol. The lowest BCUT2D eigenvalue weighted by molar-refractivity contribution is -0.137. The molecule has 0 radical (unpaired) electrons. The number of benzene rings is 1. The van der Waals surface area contributed by atoms with Crippen molar-refractivity contribution in [2.45, 2.75) is 26.6 Å². The number of pyridine rings is 1. The average molecular weight is 405 g/mol. The molecule has 3 rings (SSSR count). The van der Waals surface area contributed by atoms with E-state index in [-0.39, 0.29) is 24.6 Å². The van der Waals surface area contributed by atoms with Crippen LogP contribution in [-0.2, 0) is 17.5 Å². The van der Waals surface area contributed by atoms with Crippen LogP contribution in [0.5, 0.6) is 0 Å². The number of alkyl halides is 3. The Balaban J connectivity index is 1.59. The molecule has 0 aliphatic carbocycles. The molecular formula is C19H18F3N5O2. The standard InChI is InChI=1S/C19H18F3N5O2/c1-11-3-4-13(7-12(11)2)18(29)24-9-17(28)23-8-16-26-25-15-6-5-14(10-27(15)16)19(20,21)22/h3-7,10H,8-9H2,1-2H3,(H,23,28)(H,24,29). The molecular weight excluding hydrogens is 387 g/mol. The van der Waals surface area contributed by atoms with Crippen LogP contribution in [0.3, 0.4) is 0 Å². The van der Waals surface area contributed by atoms with Gasteiger partial charge in [0.25, 0.3) is 5.91 Å². The molecule has 152 valence electrons. The van der Waals surface area contributed by atoms with E-state index in [2.05, 4.69) is 20.8 Å². The van der Waals surface area contributed by atoms with Crippen molar-refractivity contribution in [3.63, 3.8) is 0 Å². The number of aromatic nitrogens is 3. The summed E-state index contributed by atoms with van der Waals surface area (Å²) in [6.45, 7) is 3.39. The number of rotatable bonds is 5. The summed E-state index contributed by atoms with van der Waals surface area (Å²) in [7, 11) is 0. The third kappa shape index (κ3) is 4.71. The molecule has 0 saturated heterocycles. The van der Waals surface area contributed by atoms with Crippen molar-refractivity contribution in [2.24, 2.45) is 0 Å². The second-order valence-corrected chi connectivity index (χ2v) is 6.52. The van der Waals surface area contributed by atoms with Gasteiger partial charge >= 0.3 is 6.18 Å². The first-order chi connectivity index (χ1) is 13.6. The number of carbonyl (C=O) groups is 2. The molecule has 7 nitrogen and oxygen atoms in total. The number of halogens is 3. The monoisotopic (exact) mass is 405 g/mol. The second kappa shape index (κ2) is 7.90. The second-order valence-electron chi connectivity index (χ2n) is 6.52. The summed E-state index contributed by atoms with van der Waals surface area (Å²) < 4.78 is 39.8. The van der Waals surface area contributed by atoms with Crippen molar-refractivity contribution in [2.75, 3.05) is 6.54 Å². The lowest BCUT2D eigenvalue weighted by Gasteiger charge is -2.09.